The molecule has 7 heteroatoms. The van der Waals surface area contributed by atoms with Crippen molar-refractivity contribution in [2.45, 2.75) is 59.0 Å². The van der Waals surface area contributed by atoms with Crippen LogP contribution in [0.3, 0.4) is 0 Å². The second kappa shape index (κ2) is 8.75. The Bertz CT molecular complexity index is 556. The summed E-state index contributed by atoms with van der Waals surface area (Å²) < 4.78 is 4.78. The van der Waals surface area contributed by atoms with Gasteiger partial charge in [0.1, 0.15) is 12.3 Å². The van der Waals surface area contributed by atoms with E-state index in [0.717, 1.165) is 11.3 Å². The molecule has 1 aliphatic heterocycles. The highest BCUT2D eigenvalue weighted by molar-refractivity contribution is 6.00. The minimum atomic E-state index is -0.838. The molecule has 2 amide bonds. The lowest BCUT2D eigenvalue weighted by atomic mass is 9.71. The summed E-state index contributed by atoms with van der Waals surface area (Å²) in [6.45, 7) is 5.44. The topological polar surface area (TPSA) is 101 Å². The van der Waals surface area contributed by atoms with Crippen molar-refractivity contribution in [3.8, 4) is 0 Å². The Labute approximate surface area is 154 Å². The Balaban J connectivity index is 1.93. The van der Waals surface area contributed by atoms with Gasteiger partial charge >= 0.3 is 5.97 Å². The van der Waals surface area contributed by atoms with Crippen LogP contribution in [0.5, 0.6) is 0 Å². The number of hydrogen-bond acceptors (Lipinski definition) is 6. The number of aliphatic hydroxyl groups is 1. The highest BCUT2D eigenvalue weighted by Crippen LogP contribution is 2.35. The van der Waals surface area contributed by atoms with Gasteiger partial charge in [0.25, 0.3) is 0 Å². The number of ketones is 1. The molecule has 1 heterocycles. The monoisotopic (exact) mass is 367 g/mol. The van der Waals surface area contributed by atoms with Gasteiger partial charge in [-0.15, -0.1) is 0 Å². The normalized spacial score (nSPS) is 29.0. The van der Waals surface area contributed by atoms with Crippen molar-refractivity contribution in [1.82, 2.24) is 4.90 Å². The number of esters is 1. The van der Waals surface area contributed by atoms with Crippen LogP contribution < -0.4 is 0 Å². The molecule has 0 unspecified atom stereocenters. The van der Waals surface area contributed by atoms with Crippen molar-refractivity contribution in [2.24, 2.45) is 23.7 Å². The molecular formula is C19H29NO6. The van der Waals surface area contributed by atoms with Gasteiger partial charge in [-0.3, -0.25) is 24.1 Å². The fourth-order valence-electron chi connectivity index (χ4n) is 4.19. The lowest BCUT2D eigenvalue weighted by Gasteiger charge is -2.35. The molecule has 7 nitrogen and oxygen atoms in total. The minimum absolute atomic E-state index is 0.0620. The van der Waals surface area contributed by atoms with Crippen molar-refractivity contribution in [2.75, 3.05) is 13.2 Å². The SMILES string of the molecule is CCOC(=O)CN1C(=O)CC(C[C@@H](O)[C@@H]2C[C@@H](C)C[C@H](C)C2=O)CC1=O. The van der Waals surface area contributed by atoms with Gasteiger partial charge in [0.05, 0.1) is 12.7 Å². The zero-order valence-corrected chi connectivity index (χ0v) is 15.8. The zero-order chi connectivity index (χ0) is 19.4. The number of ether oxygens (including phenoxy) is 1. The first-order valence-corrected chi connectivity index (χ1v) is 9.43. The summed E-state index contributed by atoms with van der Waals surface area (Å²) in [5.74, 6) is -1.80. The van der Waals surface area contributed by atoms with E-state index in [2.05, 4.69) is 6.92 Å². The molecular weight excluding hydrogens is 338 g/mol. The standard InChI is InChI=1S/C19H29NO6/c1-4-26-18(24)10-20-16(22)8-13(9-17(20)23)7-15(21)14-6-11(2)5-12(3)19(14)25/h11-15,21H,4-10H2,1-3H3/t11-,12-,14-,15+/m0/s1. The van der Waals surface area contributed by atoms with E-state index in [1.165, 1.54) is 0 Å². The van der Waals surface area contributed by atoms with Crippen LogP contribution in [0, 0.1) is 23.7 Å². The first kappa shape index (κ1) is 20.6. The number of amides is 2. The fraction of sp³-hybridized carbons (Fsp3) is 0.789. The quantitative estimate of drug-likeness (QED) is 0.561. The predicted molar refractivity (Wildman–Crippen MR) is 92.8 cm³/mol. The summed E-state index contributed by atoms with van der Waals surface area (Å²) in [4.78, 5) is 49.3. The van der Waals surface area contributed by atoms with Gasteiger partial charge in [-0.1, -0.05) is 13.8 Å². The molecule has 1 saturated heterocycles. The number of Topliss-reactive ketones (excluding diaryl/α,β-unsaturated/α-hetero) is 1. The first-order chi connectivity index (χ1) is 12.2. The van der Waals surface area contributed by atoms with Crippen LogP contribution in [-0.4, -0.2) is 52.8 Å². The predicted octanol–water partition coefficient (Wildman–Crippen LogP) is 1.32. The number of likely N-dealkylation sites (tertiary alicyclic amines) is 1. The Hall–Kier alpha value is -1.76. The third-order valence-electron chi connectivity index (χ3n) is 5.42. The number of piperidine rings is 1. The molecule has 1 saturated carbocycles. The summed E-state index contributed by atoms with van der Waals surface area (Å²) in [6, 6.07) is 0. The van der Waals surface area contributed by atoms with E-state index < -0.39 is 29.8 Å². The molecule has 0 spiro atoms. The minimum Gasteiger partial charge on any atom is -0.465 e. The van der Waals surface area contributed by atoms with E-state index in [4.69, 9.17) is 4.74 Å². The molecule has 1 aliphatic carbocycles. The Morgan fingerprint density at radius 2 is 1.81 bits per heavy atom. The van der Waals surface area contributed by atoms with Crippen LogP contribution >= 0.6 is 0 Å². The van der Waals surface area contributed by atoms with E-state index >= 15 is 0 Å². The Morgan fingerprint density at radius 1 is 1.19 bits per heavy atom. The van der Waals surface area contributed by atoms with Gasteiger partial charge in [-0.25, -0.2) is 0 Å². The number of aliphatic hydroxyl groups excluding tert-OH is 1. The Kier molecular flexibility index (Phi) is 6.92. The smallest absolute Gasteiger partial charge is 0.326 e. The maximum Gasteiger partial charge on any atom is 0.326 e. The molecule has 2 fully saturated rings. The molecule has 26 heavy (non-hydrogen) atoms. The molecule has 0 aromatic heterocycles. The third-order valence-corrected chi connectivity index (χ3v) is 5.42. The summed E-state index contributed by atoms with van der Waals surface area (Å²) >= 11 is 0. The Morgan fingerprint density at radius 3 is 2.38 bits per heavy atom. The van der Waals surface area contributed by atoms with Crippen LogP contribution in [0.1, 0.15) is 52.9 Å². The second-order valence-electron chi connectivity index (χ2n) is 7.74. The van der Waals surface area contributed by atoms with Crippen molar-refractivity contribution < 1.29 is 29.0 Å². The first-order valence-electron chi connectivity index (χ1n) is 9.43. The van der Waals surface area contributed by atoms with Gasteiger partial charge in [0.15, 0.2) is 0 Å². The number of rotatable bonds is 6. The van der Waals surface area contributed by atoms with Crippen LogP contribution in [0.25, 0.3) is 0 Å². The molecule has 1 N–H and O–H groups in total. The maximum absolute atomic E-state index is 12.4. The number of imide groups is 1. The van der Waals surface area contributed by atoms with Gasteiger partial charge in [0.2, 0.25) is 11.8 Å². The van der Waals surface area contributed by atoms with Crippen molar-refractivity contribution in [3.05, 3.63) is 0 Å². The number of carbonyl (C=O) groups is 4. The largest absolute Gasteiger partial charge is 0.465 e. The average Bonchev–Trinajstić information content (AvgIpc) is 2.54. The van der Waals surface area contributed by atoms with Crippen LogP contribution in [0.4, 0.5) is 0 Å². The highest BCUT2D eigenvalue weighted by Gasteiger charge is 2.40. The lowest BCUT2D eigenvalue weighted by molar-refractivity contribution is -0.159. The lowest BCUT2D eigenvalue weighted by Crippen LogP contribution is -2.47. The third kappa shape index (κ3) is 4.90. The summed E-state index contributed by atoms with van der Waals surface area (Å²) in [6.07, 6.45) is 1.08. The van der Waals surface area contributed by atoms with Gasteiger partial charge in [-0.2, -0.15) is 0 Å². The molecule has 0 radical (unpaired) electrons. The summed E-state index contributed by atoms with van der Waals surface area (Å²) in [7, 11) is 0. The van der Waals surface area contributed by atoms with Crippen LogP contribution in [0.15, 0.2) is 0 Å². The summed E-state index contributed by atoms with van der Waals surface area (Å²) in [5, 5.41) is 10.6. The maximum atomic E-state index is 12.4. The average molecular weight is 367 g/mol. The van der Waals surface area contributed by atoms with Gasteiger partial charge < -0.3 is 9.84 Å². The van der Waals surface area contributed by atoms with E-state index in [1.807, 2.05) is 6.92 Å². The van der Waals surface area contributed by atoms with Gasteiger partial charge in [-0.05, 0) is 38.0 Å². The van der Waals surface area contributed by atoms with E-state index in [0.29, 0.717) is 12.3 Å². The molecule has 0 bridgehead atoms. The van der Waals surface area contributed by atoms with Gasteiger partial charge in [0, 0.05) is 24.7 Å². The van der Waals surface area contributed by atoms with Crippen LogP contribution in [-0.2, 0) is 23.9 Å². The van der Waals surface area contributed by atoms with E-state index in [1.54, 1.807) is 6.92 Å². The second-order valence-corrected chi connectivity index (χ2v) is 7.74. The fourth-order valence-corrected chi connectivity index (χ4v) is 4.19. The van der Waals surface area contributed by atoms with Crippen molar-refractivity contribution in [1.29, 1.82) is 0 Å². The van der Waals surface area contributed by atoms with Crippen LogP contribution in [0.2, 0.25) is 0 Å². The van der Waals surface area contributed by atoms with E-state index in [-0.39, 0.29) is 50.0 Å². The number of nitrogens with zero attached hydrogens (tertiary/aromatic N) is 1. The molecule has 4 atom stereocenters. The highest BCUT2D eigenvalue weighted by atomic mass is 16.5. The molecule has 2 rings (SSSR count). The molecule has 2 aliphatic rings. The van der Waals surface area contributed by atoms with Crippen molar-refractivity contribution >= 4 is 23.6 Å². The molecule has 0 aromatic carbocycles. The van der Waals surface area contributed by atoms with E-state index in [9.17, 15) is 24.3 Å². The van der Waals surface area contributed by atoms with Crippen molar-refractivity contribution in [3.63, 3.8) is 0 Å². The summed E-state index contributed by atoms with van der Waals surface area (Å²) in [5.41, 5.74) is 0. The zero-order valence-electron chi connectivity index (χ0n) is 15.8. The number of carbonyl (C=O) groups excluding carboxylic acids is 4. The molecule has 146 valence electrons. The number of hydrogen-bond donors (Lipinski definition) is 1. The molecule has 0 aromatic rings.